The van der Waals surface area contributed by atoms with Gasteiger partial charge in [0.25, 0.3) is 0 Å². The highest BCUT2D eigenvalue weighted by Gasteiger charge is 2.60. The van der Waals surface area contributed by atoms with E-state index in [1.54, 1.807) is 24.3 Å². The lowest BCUT2D eigenvalue weighted by atomic mass is 9.60. The summed E-state index contributed by atoms with van der Waals surface area (Å²) in [5.74, 6) is 10.2. The van der Waals surface area contributed by atoms with Crippen molar-refractivity contribution in [3.8, 4) is 0 Å². The van der Waals surface area contributed by atoms with Gasteiger partial charge in [0.15, 0.2) is 11.5 Å². The maximum absolute atomic E-state index is 13.8. The molecule has 0 bridgehead atoms. The standard InChI is InChI=1S/C32H34F2N6O/c33-24-12-8-21(9-13-24)26(22-10-14-25(34)15-11-22)7-4-16-31(40-37)17-19-32(20-18-31)27(23-5-2-1-3-6-23)28(38-35)29(39-36)30(32)41/h1-3,5-6,8-15,26-27,37H,4,7,16-20,35-36H2. The summed E-state index contributed by atoms with van der Waals surface area (Å²) < 4.78 is 27.3. The van der Waals surface area contributed by atoms with Crippen molar-refractivity contribution in [1.29, 1.82) is 5.53 Å². The van der Waals surface area contributed by atoms with E-state index in [-0.39, 0.29) is 35.0 Å². The molecule has 2 aliphatic rings. The number of nitrogens with two attached hydrogens (primary N) is 2. The Labute approximate surface area is 238 Å². The number of hydrogen-bond donors (Lipinski definition) is 3. The van der Waals surface area contributed by atoms with Gasteiger partial charge in [-0.05, 0) is 79.5 Å². The minimum Gasteiger partial charge on any atom is -0.323 e. The second-order valence-corrected chi connectivity index (χ2v) is 11.2. The van der Waals surface area contributed by atoms with E-state index in [0.717, 1.165) is 29.5 Å². The average Bonchev–Trinajstić information content (AvgIpc) is 3.24. The van der Waals surface area contributed by atoms with E-state index >= 15 is 0 Å². The fraction of sp³-hybridized carbons (Fsp3) is 0.344. The minimum absolute atomic E-state index is 0.0561. The number of halogens is 2. The molecule has 2 aliphatic carbocycles. The van der Waals surface area contributed by atoms with Crippen molar-refractivity contribution < 1.29 is 13.6 Å². The molecule has 1 unspecified atom stereocenters. The maximum atomic E-state index is 13.8. The Morgan fingerprint density at radius 2 is 1.39 bits per heavy atom. The summed E-state index contributed by atoms with van der Waals surface area (Å²) >= 11 is 0. The molecule has 0 heterocycles. The molecule has 0 radical (unpaired) electrons. The topological polar surface area (TPSA) is 130 Å². The second-order valence-electron chi connectivity index (χ2n) is 11.2. The summed E-state index contributed by atoms with van der Waals surface area (Å²) in [6.45, 7) is 0. The van der Waals surface area contributed by atoms with Crippen LogP contribution in [0.4, 0.5) is 8.78 Å². The minimum atomic E-state index is -0.795. The summed E-state index contributed by atoms with van der Waals surface area (Å²) in [6.07, 6.45) is 4.24. The van der Waals surface area contributed by atoms with Gasteiger partial charge in [-0.15, -0.1) is 0 Å². The van der Waals surface area contributed by atoms with E-state index in [2.05, 4.69) is 15.3 Å². The van der Waals surface area contributed by atoms with Gasteiger partial charge in [0.05, 0.1) is 11.3 Å². The number of carbonyl (C=O) groups is 1. The van der Waals surface area contributed by atoms with Crippen molar-refractivity contribution >= 4 is 17.2 Å². The fourth-order valence-corrected chi connectivity index (χ4v) is 6.91. The first-order valence-corrected chi connectivity index (χ1v) is 13.9. The van der Waals surface area contributed by atoms with Crippen LogP contribution in [0.1, 0.15) is 73.5 Å². The molecule has 3 aromatic carbocycles. The predicted molar refractivity (Wildman–Crippen MR) is 155 cm³/mol. The van der Waals surface area contributed by atoms with Crippen LogP contribution in [0.25, 0.3) is 0 Å². The summed E-state index contributed by atoms with van der Waals surface area (Å²) in [7, 11) is 0. The third-order valence-corrected chi connectivity index (χ3v) is 9.13. The molecular formula is C32H34F2N6O. The van der Waals surface area contributed by atoms with Gasteiger partial charge in [0, 0.05) is 17.3 Å². The third kappa shape index (κ3) is 5.28. The van der Waals surface area contributed by atoms with Crippen molar-refractivity contribution in [3.05, 3.63) is 107 Å². The van der Waals surface area contributed by atoms with Gasteiger partial charge in [-0.3, -0.25) is 4.79 Å². The molecule has 9 heteroatoms. The summed E-state index contributed by atoms with van der Waals surface area (Å²) in [4.78, 5) is 13.8. The van der Waals surface area contributed by atoms with Crippen LogP contribution in [0.2, 0.25) is 0 Å². The molecule has 0 aliphatic heterocycles. The number of benzene rings is 3. The van der Waals surface area contributed by atoms with Gasteiger partial charge in [0.2, 0.25) is 0 Å². The van der Waals surface area contributed by atoms with Crippen molar-refractivity contribution in [1.82, 2.24) is 0 Å². The Morgan fingerprint density at radius 1 is 0.829 bits per heavy atom. The van der Waals surface area contributed by atoms with E-state index in [0.29, 0.717) is 37.8 Å². The Kier molecular flexibility index (Phi) is 8.06. The number of nitrogens with zero attached hydrogens (tertiary/aromatic N) is 3. The molecule has 7 nitrogen and oxygen atoms in total. The first-order valence-electron chi connectivity index (χ1n) is 13.9. The van der Waals surface area contributed by atoms with Crippen molar-refractivity contribution in [2.24, 2.45) is 32.4 Å². The Morgan fingerprint density at radius 3 is 1.88 bits per heavy atom. The number of hydrazone groups is 2. The molecule has 0 amide bonds. The Bertz CT molecular complexity index is 1400. The zero-order chi connectivity index (χ0) is 29.0. The lowest BCUT2D eigenvalue weighted by Crippen LogP contribution is -2.43. The van der Waals surface area contributed by atoms with Crippen LogP contribution < -0.4 is 11.7 Å². The van der Waals surface area contributed by atoms with Crippen LogP contribution in [0.5, 0.6) is 0 Å². The number of hydrogen-bond acceptors (Lipinski definition) is 7. The number of carbonyl (C=O) groups excluding carboxylic acids is 1. The zero-order valence-corrected chi connectivity index (χ0v) is 22.8. The van der Waals surface area contributed by atoms with Crippen LogP contribution in [0.3, 0.4) is 0 Å². The van der Waals surface area contributed by atoms with Crippen LogP contribution >= 0.6 is 0 Å². The fourth-order valence-electron chi connectivity index (χ4n) is 6.91. The van der Waals surface area contributed by atoms with Crippen molar-refractivity contribution in [2.45, 2.75) is 62.3 Å². The molecule has 1 spiro atoms. The van der Waals surface area contributed by atoms with Gasteiger partial charge in [-0.25, -0.2) is 14.3 Å². The number of nitrogens with one attached hydrogen (secondary N) is 1. The highest BCUT2D eigenvalue weighted by Crippen LogP contribution is 2.56. The Hall–Kier alpha value is -4.27. The Balaban J connectivity index is 1.35. The molecular weight excluding hydrogens is 522 g/mol. The number of rotatable bonds is 8. The van der Waals surface area contributed by atoms with Gasteiger partial charge in [0.1, 0.15) is 11.6 Å². The lowest BCUT2D eigenvalue weighted by Gasteiger charge is -2.43. The highest BCUT2D eigenvalue weighted by molar-refractivity contribution is 6.73. The molecule has 41 heavy (non-hydrogen) atoms. The average molecular weight is 557 g/mol. The van der Waals surface area contributed by atoms with Gasteiger partial charge < -0.3 is 11.7 Å². The van der Waals surface area contributed by atoms with Crippen molar-refractivity contribution in [3.63, 3.8) is 0 Å². The molecule has 2 fully saturated rings. The van der Waals surface area contributed by atoms with Crippen LogP contribution in [-0.2, 0) is 4.79 Å². The quantitative estimate of drug-likeness (QED) is 0.164. The molecule has 5 rings (SSSR count). The van der Waals surface area contributed by atoms with Crippen LogP contribution in [0, 0.1) is 22.6 Å². The highest BCUT2D eigenvalue weighted by atomic mass is 19.1. The normalized spacial score (nSPS) is 26.3. The molecule has 3 aromatic rings. The summed E-state index contributed by atoms with van der Waals surface area (Å²) in [5, 5.41) is 11.9. The van der Waals surface area contributed by atoms with E-state index in [1.165, 1.54) is 24.3 Å². The second kappa shape index (κ2) is 11.7. The van der Waals surface area contributed by atoms with E-state index in [4.69, 9.17) is 17.2 Å². The summed E-state index contributed by atoms with van der Waals surface area (Å²) in [6, 6.07) is 22.5. The molecule has 5 N–H and O–H groups in total. The van der Waals surface area contributed by atoms with E-state index in [9.17, 15) is 13.6 Å². The van der Waals surface area contributed by atoms with Crippen LogP contribution in [0.15, 0.2) is 94.2 Å². The van der Waals surface area contributed by atoms with Crippen LogP contribution in [-0.4, -0.2) is 22.7 Å². The smallest absolute Gasteiger partial charge is 0.192 e. The zero-order valence-electron chi connectivity index (χ0n) is 22.8. The monoisotopic (exact) mass is 556 g/mol. The van der Waals surface area contributed by atoms with Gasteiger partial charge >= 0.3 is 0 Å². The first kappa shape index (κ1) is 28.3. The lowest BCUT2D eigenvalue weighted by molar-refractivity contribution is -0.123. The third-order valence-electron chi connectivity index (χ3n) is 9.13. The number of ketones is 1. The van der Waals surface area contributed by atoms with Crippen molar-refractivity contribution in [2.75, 3.05) is 0 Å². The SMILES string of the molecule is N=NC1(CCCC(c2ccc(F)cc2)c2ccc(F)cc2)CCC2(CC1)C(=O)C(=NN)C(=NN)C2c1ccccc1. The molecule has 1 atom stereocenters. The molecule has 212 valence electrons. The molecule has 2 saturated carbocycles. The number of Topliss-reactive ketones (excluding diaryl/α,β-unsaturated/α-hetero) is 1. The van der Waals surface area contributed by atoms with E-state index in [1.807, 2.05) is 30.3 Å². The maximum Gasteiger partial charge on any atom is 0.192 e. The first-order chi connectivity index (χ1) is 19.9. The predicted octanol–water partition coefficient (Wildman–Crippen LogP) is 6.59. The van der Waals surface area contributed by atoms with E-state index < -0.39 is 11.0 Å². The largest absolute Gasteiger partial charge is 0.323 e. The molecule has 0 aromatic heterocycles. The van der Waals surface area contributed by atoms with Gasteiger partial charge in [-0.1, -0.05) is 61.0 Å². The summed E-state index contributed by atoms with van der Waals surface area (Å²) in [5.41, 5.74) is 10.1. The van der Waals surface area contributed by atoms with Gasteiger partial charge in [-0.2, -0.15) is 15.3 Å². The molecule has 0 saturated heterocycles.